The number of hydrogen-bond donors (Lipinski definition) is 2. The van der Waals surface area contributed by atoms with E-state index in [4.69, 9.17) is 31.9 Å². The van der Waals surface area contributed by atoms with Crippen LogP contribution in [0.1, 0.15) is 54.5 Å². The normalized spacial score (nSPS) is 18.4. The molecule has 3 N–H and O–H groups in total. The quantitative estimate of drug-likeness (QED) is 0.259. The summed E-state index contributed by atoms with van der Waals surface area (Å²) in [7, 11) is 0. The lowest BCUT2D eigenvalue weighted by molar-refractivity contribution is -0.211. The molecule has 0 saturated carbocycles. The van der Waals surface area contributed by atoms with Gasteiger partial charge in [0.05, 0.1) is 6.54 Å². The smallest absolute Gasteiger partial charge is 0.238 e. The number of benzene rings is 3. The Bertz CT molecular complexity index is 1330. The monoisotopic (exact) mass is 555 g/mol. The molecule has 0 radical (unpaired) electrons. The molecule has 1 saturated heterocycles. The Balaban J connectivity index is 1.41. The Hall–Kier alpha value is -3.37. The number of ether oxygens (including phenoxy) is 2. The summed E-state index contributed by atoms with van der Waals surface area (Å²) in [6, 6.07) is 14.4. The van der Waals surface area contributed by atoms with Crippen molar-refractivity contribution in [2.24, 2.45) is 5.90 Å². The molecule has 0 spiro atoms. The summed E-state index contributed by atoms with van der Waals surface area (Å²) in [5.74, 6) is 5.42. The Morgan fingerprint density at radius 3 is 2.49 bits per heavy atom. The second-order valence-electron chi connectivity index (χ2n) is 9.72. The average Bonchev–Trinajstić information content (AvgIpc) is 3.57. The Morgan fingerprint density at radius 2 is 1.82 bits per heavy atom. The first-order chi connectivity index (χ1) is 18.9. The summed E-state index contributed by atoms with van der Waals surface area (Å²) in [5.41, 5.74) is 4.61. The number of anilines is 1. The van der Waals surface area contributed by atoms with E-state index in [1.54, 1.807) is 12.1 Å². The maximum atomic E-state index is 14.7. The molecule has 1 fully saturated rings. The third kappa shape index (κ3) is 5.81. The molecular formula is C29H31ClFN3O5. The van der Waals surface area contributed by atoms with Crippen molar-refractivity contribution in [3.8, 4) is 17.2 Å². The number of rotatable bonds is 9. The van der Waals surface area contributed by atoms with Gasteiger partial charge in [-0.15, -0.1) is 0 Å². The van der Waals surface area contributed by atoms with E-state index >= 15 is 0 Å². The summed E-state index contributed by atoms with van der Waals surface area (Å²) in [5, 5.41) is 3.80. The molecule has 2 aliphatic rings. The van der Waals surface area contributed by atoms with Gasteiger partial charge in [-0.25, -0.2) is 4.39 Å². The Kier molecular flexibility index (Phi) is 8.23. The number of hydrogen-bond acceptors (Lipinski definition) is 7. The molecule has 8 nitrogen and oxygen atoms in total. The molecular weight excluding hydrogens is 525 g/mol. The molecule has 39 heavy (non-hydrogen) atoms. The van der Waals surface area contributed by atoms with Crippen LogP contribution in [0.4, 0.5) is 10.1 Å². The van der Waals surface area contributed by atoms with Crippen LogP contribution < -0.4 is 25.6 Å². The van der Waals surface area contributed by atoms with Crippen molar-refractivity contribution in [3.63, 3.8) is 0 Å². The van der Waals surface area contributed by atoms with Crippen LogP contribution in [0.25, 0.3) is 0 Å². The molecule has 3 aromatic carbocycles. The maximum Gasteiger partial charge on any atom is 0.238 e. The number of likely N-dealkylation sites (tertiary alicyclic amines) is 1. The van der Waals surface area contributed by atoms with Gasteiger partial charge < -0.3 is 19.7 Å². The fraction of sp³-hybridized carbons (Fsp3) is 0.345. The zero-order valence-electron chi connectivity index (χ0n) is 21.8. The van der Waals surface area contributed by atoms with E-state index in [2.05, 4.69) is 15.2 Å². The van der Waals surface area contributed by atoms with Crippen LogP contribution in [0.5, 0.6) is 17.2 Å². The SMILES string of the molecule is CCc1cc(Cl)cc(CC)c1NC(=O)CN1C[C@H](c2cc(F)c3c(c2)OCO3)C[C@@H]1c1ccc(OON)cc1. The standard InChI is InChI=1S/C29H31ClFN3O5/c1-3-17-9-22(30)10-18(4-2)28(17)33-27(35)15-34-14-21(20-11-24(31)29-26(13-20)36-16-37-29)12-25(34)19-5-7-23(8-6-19)38-39-32/h5-11,13,21,25H,3-4,12,14-16,32H2,1-2H3,(H,33,35)/t21-,25-/m1/s1. The predicted octanol–water partition coefficient (Wildman–Crippen LogP) is 5.69. The molecule has 0 aliphatic carbocycles. The summed E-state index contributed by atoms with van der Waals surface area (Å²) in [4.78, 5) is 24.7. The van der Waals surface area contributed by atoms with Crippen LogP contribution in [0, 0.1) is 5.82 Å². The second kappa shape index (κ2) is 11.8. The van der Waals surface area contributed by atoms with Gasteiger partial charge >= 0.3 is 0 Å². The van der Waals surface area contributed by atoms with Crippen molar-refractivity contribution in [1.29, 1.82) is 0 Å². The summed E-state index contributed by atoms with van der Waals surface area (Å²) >= 11 is 6.30. The van der Waals surface area contributed by atoms with Gasteiger partial charge in [-0.1, -0.05) is 42.6 Å². The van der Waals surface area contributed by atoms with Crippen molar-refractivity contribution in [2.75, 3.05) is 25.2 Å². The molecule has 206 valence electrons. The first kappa shape index (κ1) is 27.2. The molecule has 0 bridgehead atoms. The average molecular weight is 556 g/mol. The molecule has 2 heterocycles. The van der Waals surface area contributed by atoms with E-state index in [1.165, 1.54) is 6.07 Å². The summed E-state index contributed by atoms with van der Waals surface area (Å²) in [6.45, 7) is 4.79. The van der Waals surface area contributed by atoms with Crippen molar-refractivity contribution >= 4 is 23.2 Å². The van der Waals surface area contributed by atoms with Gasteiger partial charge in [0.1, 0.15) is 0 Å². The fourth-order valence-corrected chi connectivity index (χ4v) is 5.76. The number of carbonyl (C=O) groups is 1. The number of carbonyl (C=O) groups excluding carboxylic acids is 1. The number of fused-ring (bicyclic) bond motifs is 1. The van der Waals surface area contributed by atoms with Gasteiger partial charge in [0, 0.05) is 23.3 Å². The molecule has 1 amide bonds. The number of nitrogens with zero attached hydrogens (tertiary/aromatic N) is 1. The van der Waals surface area contributed by atoms with Gasteiger partial charge in [-0.2, -0.15) is 5.90 Å². The minimum absolute atomic E-state index is 0.000420. The van der Waals surface area contributed by atoms with E-state index < -0.39 is 5.82 Å². The van der Waals surface area contributed by atoms with Gasteiger partial charge in [0.2, 0.25) is 18.4 Å². The number of aryl methyl sites for hydroxylation is 2. The highest BCUT2D eigenvalue weighted by atomic mass is 35.5. The Labute approximate surface area is 231 Å². The number of halogens is 2. The minimum atomic E-state index is -0.446. The summed E-state index contributed by atoms with van der Waals surface area (Å²) < 4.78 is 25.4. The predicted molar refractivity (Wildman–Crippen MR) is 145 cm³/mol. The van der Waals surface area contributed by atoms with Crippen LogP contribution >= 0.6 is 11.6 Å². The zero-order valence-corrected chi connectivity index (χ0v) is 22.6. The van der Waals surface area contributed by atoms with Crippen LogP contribution in [0.2, 0.25) is 5.02 Å². The lowest BCUT2D eigenvalue weighted by Gasteiger charge is -2.25. The number of nitrogens with two attached hydrogens (primary N) is 1. The molecule has 2 aliphatic heterocycles. The van der Waals surface area contributed by atoms with E-state index in [0.717, 1.165) is 40.8 Å². The number of nitrogens with one attached hydrogen (secondary N) is 1. The molecule has 3 aromatic rings. The van der Waals surface area contributed by atoms with Gasteiger partial charge in [0.25, 0.3) is 0 Å². The van der Waals surface area contributed by atoms with E-state index in [1.807, 2.05) is 44.2 Å². The number of amides is 1. The maximum absolute atomic E-state index is 14.7. The van der Waals surface area contributed by atoms with Crippen LogP contribution in [-0.2, 0) is 22.6 Å². The molecule has 0 aromatic heterocycles. The third-order valence-corrected chi connectivity index (χ3v) is 7.59. The second-order valence-corrected chi connectivity index (χ2v) is 10.2. The van der Waals surface area contributed by atoms with E-state index in [0.29, 0.717) is 29.5 Å². The van der Waals surface area contributed by atoms with Gasteiger partial charge in [-0.3, -0.25) is 9.69 Å². The highest BCUT2D eigenvalue weighted by Gasteiger charge is 2.36. The summed E-state index contributed by atoms with van der Waals surface area (Å²) in [6.07, 6.45) is 2.17. The van der Waals surface area contributed by atoms with E-state index in [-0.39, 0.29) is 37.0 Å². The molecule has 5 rings (SSSR count). The van der Waals surface area contributed by atoms with Crippen molar-refractivity contribution in [1.82, 2.24) is 4.90 Å². The van der Waals surface area contributed by atoms with Gasteiger partial charge in [-0.05, 0) is 83.8 Å². The first-order valence-corrected chi connectivity index (χ1v) is 13.4. The van der Waals surface area contributed by atoms with Crippen LogP contribution in [0.3, 0.4) is 0 Å². The highest BCUT2D eigenvalue weighted by Crippen LogP contribution is 2.44. The molecule has 10 heteroatoms. The van der Waals surface area contributed by atoms with Crippen LogP contribution in [-0.4, -0.2) is 30.7 Å². The van der Waals surface area contributed by atoms with Crippen LogP contribution in [0.15, 0.2) is 48.5 Å². The lowest BCUT2D eigenvalue weighted by atomic mass is 9.93. The van der Waals surface area contributed by atoms with Crippen molar-refractivity contribution in [2.45, 2.75) is 45.1 Å². The Morgan fingerprint density at radius 1 is 1.10 bits per heavy atom. The van der Waals surface area contributed by atoms with E-state index in [9.17, 15) is 9.18 Å². The van der Waals surface area contributed by atoms with Gasteiger partial charge in [0.15, 0.2) is 17.3 Å². The minimum Gasteiger partial charge on any atom is -0.453 e. The fourth-order valence-electron chi connectivity index (χ4n) is 5.50. The molecule has 0 unspecified atom stereocenters. The highest BCUT2D eigenvalue weighted by molar-refractivity contribution is 6.30. The zero-order chi connectivity index (χ0) is 27.5. The topological polar surface area (TPSA) is 95.3 Å². The largest absolute Gasteiger partial charge is 0.453 e. The van der Waals surface area contributed by atoms with Crippen molar-refractivity contribution < 1.29 is 28.5 Å². The lowest BCUT2D eigenvalue weighted by Crippen LogP contribution is -2.33. The third-order valence-electron chi connectivity index (χ3n) is 7.37. The molecule has 2 atom stereocenters. The van der Waals surface area contributed by atoms with Crippen molar-refractivity contribution in [3.05, 3.63) is 81.6 Å². The first-order valence-electron chi connectivity index (χ1n) is 13.0.